The fourth-order valence-electron chi connectivity index (χ4n) is 4.75. The lowest BCUT2D eigenvalue weighted by atomic mass is 10.00. The summed E-state index contributed by atoms with van der Waals surface area (Å²) < 4.78 is 2.62. The van der Waals surface area contributed by atoms with E-state index in [1.807, 2.05) is 101 Å². The molecule has 0 bridgehead atoms. The summed E-state index contributed by atoms with van der Waals surface area (Å²) in [6.45, 7) is 14.6. The summed E-state index contributed by atoms with van der Waals surface area (Å²) in [7, 11) is 0. The van der Waals surface area contributed by atoms with Crippen molar-refractivity contribution < 1.29 is 0 Å². The maximum atomic E-state index is 6.40. The summed E-state index contributed by atoms with van der Waals surface area (Å²) in [6, 6.07) is 42.1. The highest BCUT2D eigenvalue weighted by Crippen LogP contribution is 2.42. The molecule has 46 heavy (non-hydrogen) atoms. The predicted octanol–water partition coefficient (Wildman–Crippen LogP) is 12.7. The van der Waals surface area contributed by atoms with E-state index in [0.29, 0.717) is 0 Å². The topological polar surface area (TPSA) is 61.9 Å². The molecule has 4 heteroatoms. The van der Waals surface area contributed by atoms with Crippen LogP contribution < -0.4 is 11.1 Å². The van der Waals surface area contributed by atoms with Crippen LogP contribution in [0.5, 0.6) is 0 Å². The van der Waals surface area contributed by atoms with E-state index < -0.39 is 0 Å². The zero-order chi connectivity index (χ0) is 33.7. The first kappa shape index (κ1) is 37.4. The van der Waals surface area contributed by atoms with Crippen LogP contribution in [0.4, 0.5) is 5.69 Å². The van der Waals surface area contributed by atoms with Crippen molar-refractivity contribution in [3.63, 3.8) is 0 Å². The molecular formula is C42H49N3S. The molecule has 0 aliphatic carbocycles. The monoisotopic (exact) mass is 627 g/mol. The van der Waals surface area contributed by atoms with Gasteiger partial charge in [-0.1, -0.05) is 161 Å². The molecule has 6 rings (SSSR count). The predicted molar refractivity (Wildman–Crippen MR) is 209 cm³/mol. The number of benzene rings is 5. The van der Waals surface area contributed by atoms with Crippen molar-refractivity contribution in [3.05, 3.63) is 156 Å². The average molecular weight is 628 g/mol. The third kappa shape index (κ3) is 10.4. The molecule has 0 saturated heterocycles. The van der Waals surface area contributed by atoms with Crippen molar-refractivity contribution in [1.29, 1.82) is 5.41 Å². The number of aryl methyl sites for hydroxylation is 1. The number of fused-ring (bicyclic) bond motifs is 3. The molecular weight excluding hydrogens is 579 g/mol. The third-order valence-electron chi connectivity index (χ3n) is 6.73. The van der Waals surface area contributed by atoms with Crippen molar-refractivity contribution >= 4 is 50.0 Å². The highest BCUT2D eigenvalue weighted by Gasteiger charge is 2.13. The quantitative estimate of drug-likeness (QED) is 0.0977. The fourth-order valence-corrected chi connectivity index (χ4v) is 6.02. The van der Waals surface area contributed by atoms with E-state index in [1.54, 1.807) is 0 Å². The number of thiophene rings is 1. The van der Waals surface area contributed by atoms with E-state index in [1.165, 1.54) is 42.4 Å². The third-order valence-corrected chi connectivity index (χ3v) is 7.93. The van der Waals surface area contributed by atoms with Crippen molar-refractivity contribution in [1.82, 2.24) is 0 Å². The van der Waals surface area contributed by atoms with Gasteiger partial charge in [0.1, 0.15) is 6.17 Å². The van der Waals surface area contributed by atoms with Crippen LogP contribution in [0.1, 0.15) is 57.5 Å². The molecule has 3 nitrogen and oxygen atoms in total. The Morgan fingerprint density at radius 2 is 1.37 bits per heavy atom. The minimum absolute atomic E-state index is 0.256. The lowest BCUT2D eigenvalue weighted by Gasteiger charge is -2.16. The Kier molecular flexibility index (Phi) is 17.1. The molecule has 4 N–H and O–H groups in total. The van der Waals surface area contributed by atoms with Gasteiger partial charge in [-0.05, 0) is 61.0 Å². The van der Waals surface area contributed by atoms with E-state index in [-0.39, 0.29) is 6.17 Å². The first-order valence-electron chi connectivity index (χ1n) is 15.9. The van der Waals surface area contributed by atoms with Gasteiger partial charge in [0.05, 0.1) is 0 Å². The molecule has 1 aromatic heterocycles. The minimum Gasteiger partial charge on any atom is -0.366 e. The molecule has 0 amide bonds. The minimum atomic E-state index is -0.256. The summed E-state index contributed by atoms with van der Waals surface area (Å²) in [5.41, 5.74) is 13.5. The van der Waals surface area contributed by atoms with Gasteiger partial charge in [0.25, 0.3) is 0 Å². The summed E-state index contributed by atoms with van der Waals surface area (Å²) >= 11 is 1.86. The number of nitrogens with one attached hydrogen (secondary N) is 2. The Bertz CT molecular complexity index is 1770. The van der Waals surface area contributed by atoms with E-state index in [9.17, 15) is 0 Å². The lowest BCUT2D eigenvalue weighted by molar-refractivity contribution is 0.836. The van der Waals surface area contributed by atoms with Crippen molar-refractivity contribution in [2.24, 2.45) is 5.73 Å². The molecule has 0 radical (unpaired) electrons. The molecule has 0 spiro atoms. The Balaban J connectivity index is 0.000000485. The average Bonchev–Trinajstić information content (AvgIpc) is 3.52. The molecule has 0 aliphatic heterocycles. The highest BCUT2D eigenvalue weighted by molar-refractivity contribution is 7.26. The van der Waals surface area contributed by atoms with Gasteiger partial charge in [-0.25, -0.2) is 0 Å². The molecule has 5 aromatic carbocycles. The van der Waals surface area contributed by atoms with Gasteiger partial charge in [0.15, 0.2) is 0 Å². The van der Waals surface area contributed by atoms with E-state index in [2.05, 4.69) is 110 Å². The Labute approximate surface area is 280 Å². The van der Waals surface area contributed by atoms with Crippen LogP contribution in [-0.4, -0.2) is 6.72 Å². The Morgan fingerprint density at radius 3 is 2.00 bits per heavy atom. The van der Waals surface area contributed by atoms with Gasteiger partial charge in [-0.15, -0.1) is 11.3 Å². The first-order valence-corrected chi connectivity index (χ1v) is 16.7. The molecule has 0 saturated carbocycles. The largest absolute Gasteiger partial charge is 0.366 e. The van der Waals surface area contributed by atoms with Gasteiger partial charge in [0.2, 0.25) is 0 Å². The fraction of sp³-hybridized carbons (Fsp3) is 0.167. The molecule has 1 unspecified atom stereocenters. The number of hydrogen-bond donors (Lipinski definition) is 3. The van der Waals surface area contributed by atoms with Gasteiger partial charge in [-0.3, -0.25) is 0 Å². The standard InChI is InChI=1S/C30H26N2S.C7H8.2C2H6.CH3N/c1-2-3-5-11-21-14-9-19-27-28(21)26-18-10-17-25(29(26)33-27)23-15-8-16-24(20-23)32-30(31)22-12-6-4-7-13-22;1-7-5-3-2-4-6-7;3*1-2/h2-20,30,32H,31H2,1H3;2-6H,1H3;2*1-2H3;2H,1H2/b3-2-,11-5-;;;;. The maximum Gasteiger partial charge on any atom is 0.101 e. The van der Waals surface area contributed by atoms with E-state index in [0.717, 1.165) is 11.3 Å². The number of anilines is 1. The second-order valence-corrected chi connectivity index (χ2v) is 10.7. The SMILES string of the molecule is C/C=C\C=C/c1cccc2sc3c(-c4cccc(NC(N)c5ccccc5)c4)cccc3c12.C=N.CC.CC.Cc1ccccc1. The van der Waals surface area contributed by atoms with Gasteiger partial charge in [-0.2, -0.15) is 0 Å². The summed E-state index contributed by atoms with van der Waals surface area (Å²) in [5.74, 6) is 0. The molecule has 0 fully saturated rings. The highest BCUT2D eigenvalue weighted by atomic mass is 32.1. The number of hydrogen-bond acceptors (Lipinski definition) is 4. The second-order valence-electron chi connectivity index (χ2n) is 9.66. The van der Waals surface area contributed by atoms with Crippen LogP contribution in [0.15, 0.2) is 140 Å². The van der Waals surface area contributed by atoms with Crippen LogP contribution in [0.25, 0.3) is 37.4 Å². The summed E-state index contributed by atoms with van der Waals surface area (Å²) in [4.78, 5) is 0. The van der Waals surface area contributed by atoms with E-state index >= 15 is 0 Å². The molecule has 1 heterocycles. The lowest BCUT2D eigenvalue weighted by Crippen LogP contribution is -2.19. The molecule has 1 atom stereocenters. The van der Waals surface area contributed by atoms with Crippen LogP contribution in [0.2, 0.25) is 0 Å². The Morgan fingerprint density at radius 1 is 0.739 bits per heavy atom. The van der Waals surface area contributed by atoms with E-state index in [4.69, 9.17) is 11.1 Å². The van der Waals surface area contributed by atoms with Gasteiger partial charge < -0.3 is 16.5 Å². The van der Waals surface area contributed by atoms with Crippen molar-refractivity contribution in [3.8, 4) is 11.1 Å². The van der Waals surface area contributed by atoms with Crippen molar-refractivity contribution in [2.45, 2.75) is 47.7 Å². The number of allylic oxidation sites excluding steroid dienone is 3. The molecule has 6 aromatic rings. The van der Waals surface area contributed by atoms with Crippen LogP contribution in [-0.2, 0) is 0 Å². The molecule has 0 aliphatic rings. The maximum absolute atomic E-state index is 6.40. The van der Waals surface area contributed by atoms with Crippen molar-refractivity contribution in [2.75, 3.05) is 5.32 Å². The molecule has 238 valence electrons. The second kappa shape index (κ2) is 21.1. The number of rotatable bonds is 6. The zero-order valence-corrected chi connectivity index (χ0v) is 28.9. The summed E-state index contributed by atoms with van der Waals surface area (Å²) in [6.07, 6.45) is 8.15. The smallest absolute Gasteiger partial charge is 0.101 e. The first-order chi connectivity index (χ1) is 22.6. The van der Waals surface area contributed by atoms with Gasteiger partial charge >= 0.3 is 0 Å². The number of nitrogens with two attached hydrogens (primary N) is 1. The summed E-state index contributed by atoms with van der Waals surface area (Å²) in [5, 5.41) is 11.6. The van der Waals surface area contributed by atoms with Crippen LogP contribution in [0.3, 0.4) is 0 Å². The zero-order valence-electron chi connectivity index (χ0n) is 28.1. The van der Waals surface area contributed by atoms with Gasteiger partial charge in [0, 0.05) is 25.9 Å². The normalized spacial score (nSPS) is 10.8. The van der Waals surface area contributed by atoms with Crippen LogP contribution >= 0.6 is 11.3 Å². The van der Waals surface area contributed by atoms with Crippen LogP contribution in [0, 0.1) is 12.3 Å². The Hall–Kier alpha value is -4.77.